The molecule has 0 atom stereocenters. The largest absolute Gasteiger partial charge is 0.508 e. The Morgan fingerprint density at radius 3 is 2.38 bits per heavy atom. The van der Waals surface area contributed by atoms with E-state index in [9.17, 15) is 14.7 Å². The zero-order valence-corrected chi connectivity index (χ0v) is 16.6. The van der Waals surface area contributed by atoms with Crippen LogP contribution in [0.15, 0.2) is 48.5 Å². The van der Waals surface area contributed by atoms with Gasteiger partial charge in [0.15, 0.2) is 11.5 Å². The van der Waals surface area contributed by atoms with E-state index in [2.05, 4.69) is 10.6 Å². The predicted octanol–water partition coefficient (Wildman–Crippen LogP) is 2.89. The Morgan fingerprint density at radius 1 is 0.931 bits per heavy atom. The zero-order valence-electron chi connectivity index (χ0n) is 16.6. The molecule has 2 aromatic rings. The van der Waals surface area contributed by atoms with Crippen LogP contribution in [-0.2, 0) is 4.79 Å². The fourth-order valence-corrected chi connectivity index (χ4v) is 2.61. The molecule has 0 fully saturated rings. The second-order valence-corrected chi connectivity index (χ2v) is 6.34. The second kappa shape index (κ2) is 12.3. The van der Waals surface area contributed by atoms with Crippen molar-refractivity contribution in [3.63, 3.8) is 0 Å². The lowest BCUT2D eigenvalue weighted by Gasteiger charge is -2.11. The van der Waals surface area contributed by atoms with Crippen molar-refractivity contribution in [3.8, 4) is 17.2 Å². The van der Waals surface area contributed by atoms with E-state index in [1.165, 1.54) is 12.1 Å². The fourth-order valence-electron chi connectivity index (χ4n) is 2.61. The van der Waals surface area contributed by atoms with Gasteiger partial charge in [-0.15, -0.1) is 0 Å². The third-order valence-electron chi connectivity index (χ3n) is 4.02. The summed E-state index contributed by atoms with van der Waals surface area (Å²) in [7, 11) is 0. The van der Waals surface area contributed by atoms with Crippen molar-refractivity contribution in [1.82, 2.24) is 10.6 Å². The number of benzene rings is 2. The van der Waals surface area contributed by atoms with Gasteiger partial charge in [-0.25, -0.2) is 0 Å². The van der Waals surface area contributed by atoms with E-state index in [0.717, 1.165) is 0 Å². The predicted molar refractivity (Wildman–Crippen MR) is 110 cm³/mol. The van der Waals surface area contributed by atoms with Gasteiger partial charge in [0.05, 0.1) is 13.2 Å². The summed E-state index contributed by atoms with van der Waals surface area (Å²) in [6.45, 7) is 3.83. The number of carbonyl (C=O) groups excluding carboxylic acids is 2. The summed E-state index contributed by atoms with van der Waals surface area (Å²) in [6, 6.07) is 13.6. The van der Waals surface area contributed by atoms with E-state index in [4.69, 9.17) is 9.47 Å². The SMILES string of the molecule is CCOc1ccccc1OCCCC(=O)NCCCNC(=O)c1cccc(O)c1. The Hall–Kier alpha value is -3.22. The number of hydrogen-bond acceptors (Lipinski definition) is 5. The summed E-state index contributed by atoms with van der Waals surface area (Å²) in [4.78, 5) is 23.8. The van der Waals surface area contributed by atoms with E-state index in [1.807, 2.05) is 31.2 Å². The Kier molecular flexibility index (Phi) is 9.35. The van der Waals surface area contributed by atoms with Gasteiger partial charge in [-0.3, -0.25) is 9.59 Å². The molecule has 3 N–H and O–H groups in total. The molecule has 0 unspecified atom stereocenters. The van der Waals surface area contributed by atoms with Crippen LogP contribution in [0.4, 0.5) is 0 Å². The van der Waals surface area contributed by atoms with Crippen LogP contribution in [0.1, 0.15) is 36.5 Å². The first kappa shape index (κ1) is 22.1. The van der Waals surface area contributed by atoms with Crippen molar-refractivity contribution in [3.05, 3.63) is 54.1 Å². The average molecular weight is 400 g/mol. The van der Waals surface area contributed by atoms with Crippen molar-refractivity contribution in [2.75, 3.05) is 26.3 Å². The average Bonchev–Trinajstić information content (AvgIpc) is 2.72. The van der Waals surface area contributed by atoms with Crippen LogP contribution in [0.3, 0.4) is 0 Å². The van der Waals surface area contributed by atoms with Crippen LogP contribution < -0.4 is 20.1 Å². The first-order valence-electron chi connectivity index (χ1n) is 9.78. The highest BCUT2D eigenvalue weighted by Crippen LogP contribution is 2.26. The number of aromatic hydroxyl groups is 1. The molecule has 0 heterocycles. The van der Waals surface area contributed by atoms with Crippen molar-refractivity contribution in [2.24, 2.45) is 0 Å². The minimum Gasteiger partial charge on any atom is -0.508 e. The Balaban J connectivity index is 1.54. The molecule has 0 aliphatic rings. The summed E-state index contributed by atoms with van der Waals surface area (Å²) in [6.07, 6.45) is 1.58. The maximum absolute atomic E-state index is 11.9. The monoisotopic (exact) mass is 400 g/mol. The molecule has 0 saturated carbocycles. The molecule has 2 amide bonds. The van der Waals surface area contributed by atoms with Gasteiger partial charge in [-0.1, -0.05) is 18.2 Å². The van der Waals surface area contributed by atoms with Gasteiger partial charge in [0, 0.05) is 25.1 Å². The molecule has 2 aromatic carbocycles. The molecular weight excluding hydrogens is 372 g/mol. The molecule has 7 nitrogen and oxygen atoms in total. The number of amides is 2. The molecule has 0 spiro atoms. The molecule has 0 radical (unpaired) electrons. The van der Waals surface area contributed by atoms with Crippen molar-refractivity contribution in [2.45, 2.75) is 26.2 Å². The van der Waals surface area contributed by atoms with Gasteiger partial charge in [-0.2, -0.15) is 0 Å². The Labute approximate surface area is 171 Å². The highest BCUT2D eigenvalue weighted by atomic mass is 16.5. The van der Waals surface area contributed by atoms with E-state index < -0.39 is 0 Å². The van der Waals surface area contributed by atoms with Gasteiger partial charge < -0.3 is 25.2 Å². The normalized spacial score (nSPS) is 10.2. The summed E-state index contributed by atoms with van der Waals surface area (Å²) in [5, 5.41) is 15.0. The van der Waals surface area contributed by atoms with Gasteiger partial charge in [0.2, 0.25) is 5.91 Å². The zero-order chi connectivity index (χ0) is 20.9. The first-order chi connectivity index (χ1) is 14.1. The minimum absolute atomic E-state index is 0.0500. The molecule has 0 aromatic heterocycles. The van der Waals surface area contributed by atoms with E-state index in [-0.39, 0.29) is 17.6 Å². The van der Waals surface area contributed by atoms with Crippen molar-refractivity contribution in [1.29, 1.82) is 0 Å². The van der Waals surface area contributed by atoms with Crippen molar-refractivity contribution < 1.29 is 24.2 Å². The molecule has 7 heteroatoms. The number of carbonyl (C=O) groups is 2. The minimum atomic E-state index is -0.253. The summed E-state index contributed by atoms with van der Waals surface area (Å²) in [5.74, 6) is 1.13. The van der Waals surface area contributed by atoms with Crippen LogP contribution in [0.5, 0.6) is 17.2 Å². The number of ether oxygens (including phenoxy) is 2. The maximum atomic E-state index is 11.9. The first-order valence-corrected chi connectivity index (χ1v) is 9.78. The Morgan fingerprint density at radius 2 is 1.66 bits per heavy atom. The van der Waals surface area contributed by atoms with E-state index in [1.54, 1.807) is 12.1 Å². The molecule has 156 valence electrons. The van der Waals surface area contributed by atoms with Crippen LogP contribution in [0.25, 0.3) is 0 Å². The van der Waals surface area contributed by atoms with Gasteiger partial charge in [0.1, 0.15) is 5.75 Å². The lowest BCUT2D eigenvalue weighted by atomic mass is 10.2. The number of hydrogen-bond donors (Lipinski definition) is 3. The number of phenols is 1. The van der Waals surface area contributed by atoms with E-state index in [0.29, 0.717) is 62.6 Å². The molecule has 0 saturated heterocycles. The summed E-state index contributed by atoms with van der Waals surface area (Å²) < 4.78 is 11.2. The highest BCUT2D eigenvalue weighted by Gasteiger charge is 2.07. The summed E-state index contributed by atoms with van der Waals surface area (Å²) >= 11 is 0. The number of para-hydroxylation sites is 2. The molecule has 0 bridgehead atoms. The lowest BCUT2D eigenvalue weighted by molar-refractivity contribution is -0.121. The smallest absolute Gasteiger partial charge is 0.251 e. The molecular formula is C22H28N2O5. The van der Waals surface area contributed by atoms with Gasteiger partial charge in [0.25, 0.3) is 5.91 Å². The summed E-state index contributed by atoms with van der Waals surface area (Å²) in [5.41, 5.74) is 0.403. The lowest BCUT2D eigenvalue weighted by Crippen LogP contribution is -2.29. The van der Waals surface area contributed by atoms with Crippen LogP contribution >= 0.6 is 0 Å². The fraction of sp³-hybridized carbons (Fsp3) is 0.364. The van der Waals surface area contributed by atoms with Crippen LogP contribution in [0, 0.1) is 0 Å². The number of phenolic OH excluding ortho intramolecular Hbond substituents is 1. The topological polar surface area (TPSA) is 96.9 Å². The van der Waals surface area contributed by atoms with Crippen LogP contribution in [0.2, 0.25) is 0 Å². The van der Waals surface area contributed by atoms with Crippen molar-refractivity contribution >= 4 is 11.8 Å². The third-order valence-corrected chi connectivity index (χ3v) is 4.02. The second-order valence-electron chi connectivity index (χ2n) is 6.34. The quantitative estimate of drug-likeness (QED) is 0.476. The number of nitrogens with one attached hydrogen (secondary N) is 2. The highest BCUT2D eigenvalue weighted by molar-refractivity contribution is 5.94. The third kappa shape index (κ3) is 8.13. The van der Waals surface area contributed by atoms with Gasteiger partial charge >= 0.3 is 0 Å². The standard InChI is InChI=1S/C22H28N2O5/c1-2-28-19-10-3-4-11-20(19)29-15-6-12-21(26)23-13-7-14-24-22(27)17-8-5-9-18(25)16-17/h3-5,8-11,16,25H,2,6-7,12-15H2,1H3,(H,23,26)(H,24,27). The Bertz CT molecular complexity index is 794. The number of rotatable bonds is 12. The molecule has 2 rings (SSSR count). The molecule has 0 aliphatic heterocycles. The van der Waals surface area contributed by atoms with Crippen LogP contribution in [-0.4, -0.2) is 43.2 Å². The molecule has 29 heavy (non-hydrogen) atoms. The van der Waals surface area contributed by atoms with Gasteiger partial charge in [-0.05, 0) is 50.1 Å². The molecule has 0 aliphatic carbocycles. The van der Waals surface area contributed by atoms with E-state index >= 15 is 0 Å². The maximum Gasteiger partial charge on any atom is 0.251 e.